The average Bonchev–Trinajstić information content (AvgIpc) is 3.04. The quantitative estimate of drug-likeness (QED) is 0.727. The average molecular weight is 381 g/mol. The number of benzene rings is 1. The molecule has 2 rings (SSSR count). The van der Waals surface area contributed by atoms with Crippen LogP contribution in [0.2, 0.25) is 5.02 Å². The van der Waals surface area contributed by atoms with Crippen LogP contribution in [0.15, 0.2) is 18.2 Å². The van der Waals surface area contributed by atoms with Crippen LogP contribution in [0.5, 0.6) is 0 Å². The number of amides is 2. The van der Waals surface area contributed by atoms with Crippen molar-refractivity contribution in [3.63, 3.8) is 0 Å². The maximum Gasteiger partial charge on any atom is 0.238 e. The van der Waals surface area contributed by atoms with Crippen LogP contribution in [0, 0.1) is 0 Å². The van der Waals surface area contributed by atoms with E-state index in [0.29, 0.717) is 35.4 Å². The van der Waals surface area contributed by atoms with Crippen molar-refractivity contribution < 1.29 is 9.59 Å². The van der Waals surface area contributed by atoms with Crippen LogP contribution in [0.4, 0.5) is 11.4 Å². The van der Waals surface area contributed by atoms with E-state index in [9.17, 15) is 9.59 Å². The SMILES string of the molecule is CCCCC(=O)Nc1ccc(NC(=O)CN2CCC(N(C)C)C2)cc1Cl. The van der Waals surface area contributed by atoms with Gasteiger partial charge in [-0.2, -0.15) is 0 Å². The topological polar surface area (TPSA) is 64.7 Å². The molecule has 0 aromatic heterocycles. The summed E-state index contributed by atoms with van der Waals surface area (Å²) < 4.78 is 0. The first-order valence-corrected chi connectivity index (χ1v) is 9.55. The van der Waals surface area contributed by atoms with Crippen LogP contribution in [0.1, 0.15) is 32.6 Å². The van der Waals surface area contributed by atoms with Gasteiger partial charge in [-0.3, -0.25) is 14.5 Å². The van der Waals surface area contributed by atoms with Crippen LogP contribution in [0.3, 0.4) is 0 Å². The molecule has 26 heavy (non-hydrogen) atoms. The zero-order valence-electron chi connectivity index (χ0n) is 15.8. The molecule has 1 aliphatic heterocycles. The number of hydrogen-bond acceptors (Lipinski definition) is 4. The number of likely N-dealkylation sites (tertiary alicyclic amines) is 1. The smallest absolute Gasteiger partial charge is 0.238 e. The Labute approximate surface area is 160 Å². The van der Waals surface area contributed by atoms with Crippen LogP contribution in [0.25, 0.3) is 0 Å². The zero-order valence-corrected chi connectivity index (χ0v) is 16.6. The lowest BCUT2D eigenvalue weighted by Crippen LogP contribution is -2.35. The lowest BCUT2D eigenvalue weighted by Gasteiger charge is -2.20. The highest BCUT2D eigenvalue weighted by molar-refractivity contribution is 6.34. The first kappa shape index (κ1) is 20.7. The molecule has 144 valence electrons. The number of nitrogens with zero attached hydrogens (tertiary/aromatic N) is 2. The number of unbranched alkanes of at least 4 members (excludes halogenated alkanes) is 1. The fourth-order valence-corrected chi connectivity index (χ4v) is 3.25. The van der Waals surface area contributed by atoms with E-state index in [1.165, 1.54) is 0 Å². The van der Waals surface area contributed by atoms with Crippen molar-refractivity contribution in [2.24, 2.45) is 0 Å². The van der Waals surface area contributed by atoms with Crippen molar-refractivity contribution in [2.45, 2.75) is 38.6 Å². The van der Waals surface area contributed by atoms with Gasteiger partial charge >= 0.3 is 0 Å². The minimum absolute atomic E-state index is 0.0463. The highest BCUT2D eigenvalue weighted by Crippen LogP contribution is 2.26. The molecule has 1 fully saturated rings. The van der Waals surface area contributed by atoms with E-state index in [-0.39, 0.29) is 11.8 Å². The molecule has 0 saturated carbocycles. The molecule has 7 heteroatoms. The number of carbonyl (C=O) groups is 2. The Morgan fingerprint density at radius 2 is 2.04 bits per heavy atom. The van der Waals surface area contributed by atoms with Crippen molar-refractivity contribution in [3.05, 3.63) is 23.2 Å². The molecule has 0 radical (unpaired) electrons. The number of carbonyl (C=O) groups excluding carboxylic acids is 2. The second-order valence-corrected chi connectivity index (χ2v) is 7.44. The zero-order chi connectivity index (χ0) is 19.1. The third-order valence-corrected chi connectivity index (χ3v) is 4.94. The van der Waals surface area contributed by atoms with E-state index in [4.69, 9.17) is 11.6 Å². The van der Waals surface area contributed by atoms with Gasteiger partial charge in [0.25, 0.3) is 0 Å². The molecule has 1 aromatic rings. The summed E-state index contributed by atoms with van der Waals surface area (Å²) in [7, 11) is 4.14. The molecular weight excluding hydrogens is 352 g/mol. The lowest BCUT2D eigenvalue weighted by molar-refractivity contribution is -0.117. The molecule has 2 N–H and O–H groups in total. The van der Waals surface area contributed by atoms with E-state index in [0.717, 1.165) is 32.4 Å². The standard InChI is InChI=1S/C19H29ClN4O2/c1-4-5-6-18(25)22-17-8-7-14(11-16(17)20)21-19(26)13-24-10-9-15(12-24)23(2)3/h7-8,11,15H,4-6,9-10,12-13H2,1-3H3,(H,21,26)(H,22,25). The molecule has 2 amide bonds. The van der Waals surface area contributed by atoms with Gasteiger partial charge in [-0.15, -0.1) is 0 Å². The summed E-state index contributed by atoms with van der Waals surface area (Å²) in [6.07, 6.45) is 3.38. The van der Waals surface area contributed by atoms with Gasteiger partial charge in [0.1, 0.15) is 0 Å². The van der Waals surface area contributed by atoms with Gasteiger partial charge in [-0.05, 0) is 45.1 Å². The fraction of sp³-hybridized carbons (Fsp3) is 0.579. The largest absolute Gasteiger partial charge is 0.325 e. The molecule has 1 saturated heterocycles. The van der Waals surface area contributed by atoms with Gasteiger partial charge in [0, 0.05) is 31.2 Å². The number of halogens is 1. The number of likely N-dealkylation sites (N-methyl/N-ethyl adjacent to an activating group) is 1. The van der Waals surface area contributed by atoms with Gasteiger partial charge in [0.2, 0.25) is 11.8 Å². The second-order valence-electron chi connectivity index (χ2n) is 7.04. The summed E-state index contributed by atoms with van der Waals surface area (Å²) in [4.78, 5) is 28.4. The summed E-state index contributed by atoms with van der Waals surface area (Å²) in [6, 6.07) is 5.65. The molecule has 0 spiro atoms. The second kappa shape index (κ2) is 9.90. The Balaban J connectivity index is 1.85. The number of nitrogens with one attached hydrogen (secondary N) is 2. The third kappa shape index (κ3) is 6.27. The van der Waals surface area contributed by atoms with Gasteiger partial charge in [-0.1, -0.05) is 24.9 Å². The summed E-state index contributed by atoms with van der Waals surface area (Å²) in [6.45, 7) is 4.25. The Morgan fingerprint density at radius 3 is 2.65 bits per heavy atom. The molecule has 0 bridgehead atoms. The predicted molar refractivity (Wildman–Crippen MR) is 107 cm³/mol. The van der Waals surface area contributed by atoms with E-state index in [1.807, 2.05) is 6.92 Å². The third-order valence-electron chi connectivity index (χ3n) is 4.63. The van der Waals surface area contributed by atoms with Crippen molar-refractivity contribution in [1.82, 2.24) is 9.80 Å². The summed E-state index contributed by atoms with van der Waals surface area (Å²) >= 11 is 6.23. The molecule has 1 heterocycles. The normalized spacial score (nSPS) is 17.5. The number of hydrogen-bond donors (Lipinski definition) is 2. The van der Waals surface area contributed by atoms with Crippen LogP contribution in [-0.2, 0) is 9.59 Å². The molecule has 0 aliphatic carbocycles. The maximum absolute atomic E-state index is 12.3. The molecule has 1 atom stereocenters. The Hall–Kier alpha value is -1.63. The summed E-state index contributed by atoms with van der Waals surface area (Å²) in [5.41, 5.74) is 1.20. The summed E-state index contributed by atoms with van der Waals surface area (Å²) in [5.74, 6) is -0.102. The van der Waals surface area contributed by atoms with Crippen molar-refractivity contribution >= 4 is 34.8 Å². The van der Waals surface area contributed by atoms with Crippen LogP contribution in [-0.4, -0.2) is 61.4 Å². The molecule has 1 aromatic carbocycles. The lowest BCUT2D eigenvalue weighted by atomic mass is 10.2. The highest BCUT2D eigenvalue weighted by atomic mass is 35.5. The maximum atomic E-state index is 12.3. The first-order valence-electron chi connectivity index (χ1n) is 9.17. The van der Waals surface area contributed by atoms with E-state index >= 15 is 0 Å². The summed E-state index contributed by atoms with van der Waals surface area (Å²) in [5, 5.41) is 6.10. The van der Waals surface area contributed by atoms with Gasteiger partial charge in [0.05, 0.1) is 17.3 Å². The van der Waals surface area contributed by atoms with E-state index in [1.54, 1.807) is 18.2 Å². The Morgan fingerprint density at radius 1 is 1.27 bits per heavy atom. The minimum atomic E-state index is -0.0554. The Bertz CT molecular complexity index is 636. The van der Waals surface area contributed by atoms with Gasteiger partial charge in [-0.25, -0.2) is 0 Å². The molecular formula is C19H29ClN4O2. The van der Waals surface area contributed by atoms with Gasteiger partial charge < -0.3 is 15.5 Å². The van der Waals surface area contributed by atoms with E-state index < -0.39 is 0 Å². The van der Waals surface area contributed by atoms with Crippen molar-refractivity contribution in [1.29, 1.82) is 0 Å². The monoisotopic (exact) mass is 380 g/mol. The fourth-order valence-electron chi connectivity index (χ4n) is 3.03. The highest BCUT2D eigenvalue weighted by Gasteiger charge is 2.25. The van der Waals surface area contributed by atoms with Crippen molar-refractivity contribution in [3.8, 4) is 0 Å². The predicted octanol–water partition coefficient (Wildman–Crippen LogP) is 3.04. The minimum Gasteiger partial charge on any atom is -0.325 e. The van der Waals surface area contributed by atoms with Crippen molar-refractivity contribution in [2.75, 3.05) is 44.4 Å². The molecule has 1 unspecified atom stereocenters. The number of rotatable bonds is 8. The molecule has 1 aliphatic rings. The number of anilines is 2. The van der Waals surface area contributed by atoms with Crippen LogP contribution >= 0.6 is 11.6 Å². The van der Waals surface area contributed by atoms with Crippen LogP contribution < -0.4 is 10.6 Å². The Kier molecular flexibility index (Phi) is 7.87. The van der Waals surface area contributed by atoms with Gasteiger partial charge in [0.15, 0.2) is 0 Å². The van der Waals surface area contributed by atoms with E-state index in [2.05, 4.69) is 34.5 Å². The molecule has 6 nitrogen and oxygen atoms in total. The first-order chi connectivity index (χ1) is 12.4.